The Hall–Kier alpha value is -3.18. The van der Waals surface area contributed by atoms with Crippen molar-refractivity contribution in [2.75, 3.05) is 5.32 Å². The normalized spacial score (nSPS) is 10.5. The van der Waals surface area contributed by atoms with Crippen LogP contribution < -0.4 is 15.5 Å². The van der Waals surface area contributed by atoms with Crippen LogP contribution in [0.1, 0.15) is 11.1 Å². The molecule has 0 atom stereocenters. The van der Waals surface area contributed by atoms with Crippen LogP contribution in [0.3, 0.4) is 0 Å². The van der Waals surface area contributed by atoms with Crippen LogP contribution in [0, 0.1) is 6.92 Å². The predicted octanol–water partition coefficient (Wildman–Crippen LogP) is 5.11. The number of nitrogens with one attached hydrogen (secondary N) is 2. The molecular formula is C21H19N3OS. The van der Waals surface area contributed by atoms with Gasteiger partial charge >= 0.3 is 0 Å². The van der Waals surface area contributed by atoms with Gasteiger partial charge in [0.25, 0.3) is 0 Å². The third-order valence-electron chi connectivity index (χ3n) is 3.55. The van der Waals surface area contributed by atoms with E-state index >= 15 is 0 Å². The van der Waals surface area contributed by atoms with E-state index in [2.05, 4.69) is 15.8 Å². The van der Waals surface area contributed by atoms with Crippen molar-refractivity contribution in [2.45, 2.75) is 6.92 Å². The highest BCUT2D eigenvalue weighted by atomic mass is 32.1. The molecule has 26 heavy (non-hydrogen) atoms. The molecule has 0 spiro atoms. The van der Waals surface area contributed by atoms with Crippen LogP contribution in [0.15, 0.2) is 84.0 Å². The maximum atomic E-state index is 5.76. The van der Waals surface area contributed by atoms with E-state index in [0.29, 0.717) is 5.11 Å². The minimum absolute atomic E-state index is 0.439. The summed E-state index contributed by atoms with van der Waals surface area (Å²) in [4.78, 5) is 0. The van der Waals surface area contributed by atoms with Gasteiger partial charge in [0.2, 0.25) is 0 Å². The lowest BCUT2D eigenvalue weighted by molar-refractivity contribution is 0.482. The van der Waals surface area contributed by atoms with Crippen molar-refractivity contribution in [2.24, 2.45) is 5.10 Å². The Morgan fingerprint density at radius 1 is 0.885 bits per heavy atom. The van der Waals surface area contributed by atoms with E-state index in [1.807, 2.05) is 85.8 Å². The minimum Gasteiger partial charge on any atom is -0.457 e. The zero-order valence-electron chi connectivity index (χ0n) is 14.3. The largest absolute Gasteiger partial charge is 0.457 e. The van der Waals surface area contributed by atoms with Crippen LogP contribution >= 0.6 is 12.2 Å². The average molecular weight is 361 g/mol. The molecule has 0 heterocycles. The Morgan fingerprint density at radius 3 is 2.23 bits per heavy atom. The number of aryl methyl sites for hydroxylation is 1. The van der Waals surface area contributed by atoms with Gasteiger partial charge in [0.05, 0.1) is 6.21 Å². The number of nitrogens with zero attached hydrogens (tertiary/aromatic N) is 1. The lowest BCUT2D eigenvalue weighted by Crippen LogP contribution is -2.23. The van der Waals surface area contributed by atoms with Gasteiger partial charge in [0.15, 0.2) is 5.11 Å². The van der Waals surface area contributed by atoms with Gasteiger partial charge < -0.3 is 10.1 Å². The topological polar surface area (TPSA) is 45.7 Å². The monoisotopic (exact) mass is 361 g/mol. The zero-order valence-corrected chi connectivity index (χ0v) is 15.2. The second kappa shape index (κ2) is 8.78. The highest BCUT2D eigenvalue weighted by molar-refractivity contribution is 7.80. The van der Waals surface area contributed by atoms with E-state index in [-0.39, 0.29) is 0 Å². The van der Waals surface area contributed by atoms with Gasteiger partial charge in [-0.25, -0.2) is 0 Å². The Labute approximate surface area is 158 Å². The molecule has 0 aliphatic heterocycles. The average Bonchev–Trinajstić information content (AvgIpc) is 2.66. The van der Waals surface area contributed by atoms with E-state index in [0.717, 1.165) is 22.7 Å². The second-order valence-corrected chi connectivity index (χ2v) is 6.08. The molecule has 4 nitrogen and oxygen atoms in total. The van der Waals surface area contributed by atoms with Crippen molar-refractivity contribution in [3.05, 3.63) is 90.0 Å². The Kier molecular flexibility index (Phi) is 5.96. The summed E-state index contributed by atoms with van der Waals surface area (Å²) < 4.78 is 5.76. The fourth-order valence-electron chi connectivity index (χ4n) is 2.21. The maximum Gasteiger partial charge on any atom is 0.191 e. The summed E-state index contributed by atoms with van der Waals surface area (Å²) in [6.07, 6.45) is 1.70. The highest BCUT2D eigenvalue weighted by Crippen LogP contribution is 2.20. The molecule has 0 saturated carbocycles. The van der Waals surface area contributed by atoms with Crippen molar-refractivity contribution in [1.29, 1.82) is 0 Å². The Bertz CT molecular complexity index is 875. The molecule has 3 aromatic carbocycles. The molecule has 0 saturated heterocycles. The summed E-state index contributed by atoms with van der Waals surface area (Å²) >= 11 is 5.22. The third-order valence-corrected chi connectivity index (χ3v) is 3.74. The fourth-order valence-corrected chi connectivity index (χ4v) is 2.38. The number of ether oxygens (including phenoxy) is 1. The van der Waals surface area contributed by atoms with Crippen LogP contribution in [-0.2, 0) is 0 Å². The molecule has 0 bridgehead atoms. The SMILES string of the molecule is Cc1ccc(NC(=S)N/N=C/c2ccc(Oc3ccccc3)cc2)cc1. The summed E-state index contributed by atoms with van der Waals surface area (Å²) in [7, 11) is 0. The summed E-state index contributed by atoms with van der Waals surface area (Å²) in [5.74, 6) is 1.58. The van der Waals surface area contributed by atoms with E-state index in [4.69, 9.17) is 17.0 Å². The van der Waals surface area contributed by atoms with Gasteiger partial charge in [0, 0.05) is 5.69 Å². The smallest absolute Gasteiger partial charge is 0.191 e. The van der Waals surface area contributed by atoms with Crippen LogP contribution in [0.2, 0.25) is 0 Å². The molecule has 0 aliphatic carbocycles. The lowest BCUT2D eigenvalue weighted by atomic mass is 10.2. The third kappa shape index (κ3) is 5.43. The summed E-state index contributed by atoms with van der Waals surface area (Å²) in [6, 6.07) is 25.3. The van der Waals surface area contributed by atoms with E-state index in [9.17, 15) is 0 Å². The number of hydrazone groups is 1. The summed E-state index contributed by atoms with van der Waals surface area (Å²) in [5.41, 5.74) is 5.87. The first-order valence-electron chi connectivity index (χ1n) is 8.19. The predicted molar refractivity (Wildman–Crippen MR) is 111 cm³/mol. The second-order valence-electron chi connectivity index (χ2n) is 5.67. The van der Waals surface area contributed by atoms with Gasteiger partial charge in [-0.2, -0.15) is 5.10 Å². The summed E-state index contributed by atoms with van der Waals surface area (Å²) in [6.45, 7) is 2.04. The van der Waals surface area contributed by atoms with Gasteiger partial charge in [0.1, 0.15) is 11.5 Å². The molecule has 3 rings (SSSR count). The zero-order chi connectivity index (χ0) is 18.2. The lowest BCUT2D eigenvalue weighted by Gasteiger charge is -2.07. The van der Waals surface area contributed by atoms with Crippen molar-refractivity contribution >= 4 is 29.2 Å². The summed E-state index contributed by atoms with van der Waals surface area (Å²) in [5, 5.41) is 7.67. The van der Waals surface area contributed by atoms with Crippen LogP contribution in [0.4, 0.5) is 5.69 Å². The molecule has 0 aromatic heterocycles. The molecule has 3 aromatic rings. The van der Waals surface area contributed by atoms with Crippen LogP contribution in [0.25, 0.3) is 0 Å². The number of hydrogen-bond donors (Lipinski definition) is 2. The van der Waals surface area contributed by atoms with Crippen molar-refractivity contribution in [3.63, 3.8) is 0 Å². The molecule has 0 amide bonds. The Balaban J connectivity index is 1.50. The number of para-hydroxylation sites is 1. The molecule has 0 unspecified atom stereocenters. The first kappa shape index (κ1) is 17.6. The van der Waals surface area contributed by atoms with Gasteiger partial charge in [-0.1, -0.05) is 35.9 Å². The standard InChI is InChI=1S/C21H19N3OS/c1-16-7-11-18(12-8-16)23-21(26)24-22-15-17-9-13-20(14-10-17)25-19-5-3-2-4-6-19/h2-15H,1H3,(H2,23,24,26)/b22-15+. The molecule has 0 aliphatic rings. The molecule has 0 fully saturated rings. The molecule has 0 radical (unpaired) electrons. The molecule has 130 valence electrons. The number of thiocarbonyl (C=S) groups is 1. The van der Waals surface area contributed by atoms with Crippen molar-refractivity contribution < 1.29 is 4.74 Å². The van der Waals surface area contributed by atoms with Crippen molar-refractivity contribution in [3.8, 4) is 11.5 Å². The van der Waals surface area contributed by atoms with Gasteiger partial charge in [-0.3, -0.25) is 5.43 Å². The molecular weight excluding hydrogens is 342 g/mol. The number of benzene rings is 3. The first-order chi connectivity index (χ1) is 12.7. The minimum atomic E-state index is 0.439. The fraction of sp³-hybridized carbons (Fsp3) is 0.0476. The van der Waals surface area contributed by atoms with E-state index in [1.54, 1.807) is 6.21 Å². The van der Waals surface area contributed by atoms with Gasteiger partial charge in [-0.05, 0) is 73.2 Å². The first-order valence-corrected chi connectivity index (χ1v) is 8.59. The van der Waals surface area contributed by atoms with E-state index < -0.39 is 0 Å². The molecule has 2 N–H and O–H groups in total. The maximum absolute atomic E-state index is 5.76. The molecule has 5 heteroatoms. The quantitative estimate of drug-likeness (QED) is 0.377. The van der Waals surface area contributed by atoms with Gasteiger partial charge in [-0.15, -0.1) is 0 Å². The number of anilines is 1. The highest BCUT2D eigenvalue weighted by Gasteiger charge is 1.97. The number of rotatable bonds is 5. The van der Waals surface area contributed by atoms with Crippen LogP contribution in [-0.4, -0.2) is 11.3 Å². The number of hydrogen-bond acceptors (Lipinski definition) is 3. The van der Waals surface area contributed by atoms with Crippen LogP contribution in [0.5, 0.6) is 11.5 Å². The van der Waals surface area contributed by atoms with E-state index in [1.165, 1.54) is 5.56 Å². The Morgan fingerprint density at radius 2 is 1.54 bits per heavy atom. The van der Waals surface area contributed by atoms with Crippen molar-refractivity contribution in [1.82, 2.24) is 5.43 Å².